The number of amides is 1. The largest absolute Gasteiger partial charge is 0.309 e. The van der Waals surface area contributed by atoms with Crippen LogP contribution in [0.4, 0.5) is 5.82 Å². The Morgan fingerprint density at radius 1 is 1.35 bits per heavy atom. The van der Waals surface area contributed by atoms with E-state index in [9.17, 15) is 4.79 Å². The highest BCUT2D eigenvalue weighted by Crippen LogP contribution is 2.25. The van der Waals surface area contributed by atoms with Crippen molar-refractivity contribution in [3.63, 3.8) is 0 Å². The molecule has 0 saturated carbocycles. The molecule has 1 amide bonds. The van der Waals surface area contributed by atoms with Crippen LogP contribution in [0.1, 0.15) is 24.6 Å². The van der Waals surface area contributed by atoms with Crippen molar-refractivity contribution in [3.8, 4) is 0 Å². The number of aryl methyl sites for hydroxylation is 1. The molecule has 20 heavy (non-hydrogen) atoms. The molecule has 1 aromatic heterocycles. The molecule has 0 radical (unpaired) electrons. The van der Waals surface area contributed by atoms with E-state index >= 15 is 0 Å². The summed E-state index contributed by atoms with van der Waals surface area (Å²) in [7, 11) is 0. The Bertz CT molecular complexity index is 617. The third-order valence-corrected chi connectivity index (χ3v) is 3.65. The van der Waals surface area contributed by atoms with Gasteiger partial charge in [-0.3, -0.25) is 9.48 Å². The van der Waals surface area contributed by atoms with E-state index in [2.05, 4.69) is 10.4 Å². The van der Waals surface area contributed by atoms with Crippen molar-refractivity contribution in [1.29, 1.82) is 0 Å². The number of carbonyl (C=O) groups excluding carboxylic acids is 1. The van der Waals surface area contributed by atoms with Crippen LogP contribution in [0.5, 0.6) is 0 Å². The first-order valence-electron chi connectivity index (χ1n) is 6.28. The highest BCUT2D eigenvalue weighted by Gasteiger charge is 2.11. The van der Waals surface area contributed by atoms with Gasteiger partial charge in [0.1, 0.15) is 0 Å². The van der Waals surface area contributed by atoms with Gasteiger partial charge in [0.2, 0.25) is 5.91 Å². The first-order valence-corrected chi connectivity index (χ1v) is 7.04. The molecule has 0 aliphatic rings. The Hall–Kier alpha value is -1.52. The number of carbonyl (C=O) groups is 1. The first-order chi connectivity index (χ1) is 9.51. The topological polar surface area (TPSA) is 46.9 Å². The fourth-order valence-electron chi connectivity index (χ4n) is 1.80. The standard InChI is InChI=1S/C14H15Cl2N3O/c1-3-14(20)17-13-7-9(2)19(18-13)8-10-11(15)5-4-6-12(10)16/h4-7H,3,8H2,1-2H3,(H,17,18,20). The molecule has 0 unspecified atom stereocenters. The second-order valence-electron chi connectivity index (χ2n) is 4.43. The third kappa shape index (κ3) is 3.32. The van der Waals surface area contributed by atoms with E-state index in [-0.39, 0.29) is 5.91 Å². The van der Waals surface area contributed by atoms with Crippen molar-refractivity contribution in [3.05, 3.63) is 45.6 Å². The molecule has 6 heteroatoms. The smallest absolute Gasteiger partial charge is 0.225 e. The van der Waals surface area contributed by atoms with Crippen molar-refractivity contribution >= 4 is 34.9 Å². The van der Waals surface area contributed by atoms with Crippen molar-refractivity contribution in [2.45, 2.75) is 26.8 Å². The number of benzene rings is 1. The molecule has 106 valence electrons. The van der Waals surface area contributed by atoms with Crippen LogP contribution in [0, 0.1) is 6.92 Å². The van der Waals surface area contributed by atoms with Gasteiger partial charge in [-0.15, -0.1) is 0 Å². The van der Waals surface area contributed by atoms with E-state index in [0.717, 1.165) is 11.3 Å². The molecule has 0 fully saturated rings. The van der Waals surface area contributed by atoms with Crippen LogP contribution in [-0.4, -0.2) is 15.7 Å². The maximum absolute atomic E-state index is 11.4. The number of halogens is 2. The van der Waals surface area contributed by atoms with Gasteiger partial charge in [-0.2, -0.15) is 5.10 Å². The number of hydrogen-bond donors (Lipinski definition) is 1. The zero-order chi connectivity index (χ0) is 14.7. The van der Waals surface area contributed by atoms with Crippen LogP contribution in [0.15, 0.2) is 24.3 Å². The van der Waals surface area contributed by atoms with Gasteiger partial charge in [0.25, 0.3) is 0 Å². The maximum Gasteiger partial charge on any atom is 0.225 e. The molecule has 1 heterocycles. The zero-order valence-electron chi connectivity index (χ0n) is 11.3. The number of hydrogen-bond acceptors (Lipinski definition) is 2. The molecular weight excluding hydrogens is 297 g/mol. The number of anilines is 1. The van der Waals surface area contributed by atoms with Crippen molar-refractivity contribution in [1.82, 2.24) is 9.78 Å². The Kier molecular flexibility index (Phi) is 4.68. The van der Waals surface area contributed by atoms with Gasteiger partial charge in [-0.1, -0.05) is 36.2 Å². The lowest BCUT2D eigenvalue weighted by Gasteiger charge is -2.08. The summed E-state index contributed by atoms with van der Waals surface area (Å²) in [6.45, 7) is 4.17. The summed E-state index contributed by atoms with van der Waals surface area (Å²) in [4.78, 5) is 11.4. The predicted molar refractivity (Wildman–Crippen MR) is 81.4 cm³/mol. The van der Waals surface area contributed by atoms with Gasteiger partial charge in [-0.05, 0) is 19.1 Å². The Labute approximate surface area is 127 Å². The molecule has 0 aliphatic carbocycles. The lowest BCUT2D eigenvalue weighted by atomic mass is 10.2. The van der Waals surface area contributed by atoms with Crippen LogP contribution in [-0.2, 0) is 11.3 Å². The highest BCUT2D eigenvalue weighted by atomic mass is 35.5. The van der Waals surface area contributed by atoms with Crippen molar-refractivity contribution < 1.29 is 4.79 Å². The fraction of sp³-hybridized carbons (Fsp3) is 0.286. The second-order valence-corrected chi connectivity index (χ2v) is 5.24. The molecule has 2 aromatic rings. The van der Waals surface area contributed by atoms with Gasteiger partial charge in [0, 0.05) is 33.8 Å². The van der Waals surface area contributed by atoms with Crippen LogP contribution in [0.3, 0.4) is 0 Å². The molecule has 2 rings (SSSR count). The fourth-order valence-corrected chi connectivity index (χ4v) is 2.31. The minimum Gasteiger partial charge on any atom is -0.309 e. The minimum atomic E-state index is -0.0644. The van der Waals surface area contributed by atoms with E-state index in [1.807, 2.05) is 13.0 Å². The van der Waals surface area contributed by atoms with Gasteiger partial charge in [0.05, 0.1) is 6.54 Å². The lowest BCUT2D eigenvalue weighted by molar-refractivity contribution is -0.115. The predicted octanol–water partition coefficient (Wildman–Crippen LogP) is 3.90. The molecule has 0 aliphatic heterocycles. The summed E-state index contributed by atoms with van der Waals surface area (Å²) in [6, 6.07) is 7.21. The van der Waals surface area contributed by atoms with Crippen LogP contribution in [0.25, 0.3) is 0 Å². The van der Waals surface area contributed by atoms with Gasteiger partial charge >= 0.3 is 0 Å². The number of nitrogens with one attached hydrogen (secondary N) is 1. The Morgan fingerprint density at radius 2 is 2.00 bits per heavy atom. The second kappa shape index (κ2) is 6.29. The maximum atomic E-state index is 11.4. The molecule has 0 spiro atoms. The number of aromatic nitrogens is 2. The Balaban J connectivity index is 2.24. The van der Waals surface area contributed by atoms with Gasteiger partial charge in [-0.25, -0.2) is 0 Å². The van der Waals surface area contributed by atoms with Crippen molar-refractivity contribution in [2.24, 2.45) is 0 Å². The summed E-state index contributed by atoms with van der Waals surface area (Å²) in [5, 5.41) is 8.28. The summed E-state index contributed by atoms with van der Waals surface area (Å²) in [6.07, 6.45) is 0.419. The molecular formula is C14H15Cl2N3O. The van der Waals surface area contributed by atoms with Crippen LogP contribution < -0.4 is 5.32 Å². The van der Waals surface area contributed by atoms with E-state index in [4.69, 9.17) is 23.2 Å². The van der Waals surface area contributed by atoms with E-state index in [1.54, 1.807) is 29.8 Å². The summed E-state index contributed by atoms with van der Waals surface area (Å²) >= 11 is 12.3. The first kappa shape index (κ1) is 14.9. The van der Waals surface area contributed by atoms with E-state index in [1.165, 1.54) is 0 Å². The van der Waals surface area contributed by atoms with Gasteiger partial charge in [0.15, 0.2) is 5.82 Å². The summed E-state index contributed by atoms with van der Waals surface area (Å²) < 4.78 is 1.76. The molecule has 0 atom stereocenters. The third-order valence-electron chi connectivity index (χ3n) is 2.94. The highest BCUT2D eigenvalue weighted by molar-refractivity contribution is 6.35. The molecule has 4 nitrogen and oxygen atoms in total. The summed E-state index contributed by atoms with van der Waals surface area (Å²) in [5.41, 5.74) is 1.74. The average molecular weight is 312 g/mol. The molecule has 0 saturated heterocycles. The number of nitrogens with zero attached hydrogens (tertiary/aromatic N) is 2. The number of rotatable bonds is 4. The van der Waals surface area contributed by atoms with E-state index < -0.39 is 0 Å². The van der Waals surface area contributed by atoms with Crippen LogP contribution >= 0.6 is 23.2 Å². The molecule has 0 bridgehead atoms. The average Bonchev–Trinajstić information content (AvgIpc) is 2.74. The lowest BCUT2D eigenvalue weighted by Crippen LogP contribution is -2.11. The molecule has 1 N–H and O–H groups in total. The Morgan fingerprint density at radius 3 is 2.60 bits per heavy atom. The molecule has 1 aromatic carbocycles. The van der Waals surface area contributed by atoms with Gasteiger partial charge < -0.3 is 5.32 Å². The quantitative estimate of drug-likeness (QED) is 0.931. The SMILES string of the molecule is CCC(=O)Nc1cc(C)n(Cc2c(Cl)cccc2Cl)n1. The monoisotopic (exact) mass is 311 g/mol. The zero-order valence-corrected chi connectivity index (χ0v) is 12.8. The van der Waals surface area contributed by atoms with E-state index in [0.29, 0.717) is 28.8 Å². The van der Waals surface area contributed by atoms with Crippen LogP contribution in [0.2, 0.25) is 10.0 Å². The summed E-state index contributed by atoms with van der Waals surface area (Å²) in [5.74, 6) is 0.475. The minimum absolute atomic E-state index is 0.0644. The van der Waals surface area contributed by atoms with Crippen molar-refractivity contribution in [2.75, 3.05) is 5.32 Å². The normalized spacial score (nSPS) is 10.6.